The van der Waals surface area contributed by atoms with Gasteiger partial charge in [0.2, 0.25) is 5.88 Å². The second-order valence-corrected chi connectivity index (χ2v) is 9.81. The highest BCUT2D eigenvalue weighted by Crippen LogP contribution is 2.31. The van der Waals surface area contributed by atoms with Crippen molar-refractivity contribution in [2.24, 2.45) is 0 Å². The predicted octanol–water partition coefficient (Wildman–Crippen LogP) is 4.85. The molecule has 4 aromatic rings. The van der Waals surface area contributed by atoms with E-state index < -0.39 is 22.9 Å². The standard InChI is InChI=1S/C29H28ClN3O5/c1-37-29(36)22(31-24-25(27(35)26(24)34)33-14-6-2-3-7-15-33)16-18-10-12-20(13-11-18)38-28-21-9-5-4-8-19(21)17-23(30)32-28/h4-5,8-13,17,22,31H,2-3,6-7,14-16H2,1H3/t22-/m0/s1. The summed E-state index contributed by atoms with van der Waals surface area (Å²) in [6.45, 7) is 1.45. The Labute approximate surface area is 224 Å². The van der Waals surface area contributed by atoms with Crippen LogP contribution in [0.1, 0.15) is 31.2 Å². The molecule has 0 radical (unpaired) electrons. The number of benzene rings is 2. The number of rotatable bonds is 8. The third-order valence-corrected chi connectivity index (χ3v) is 7.06. The number of nitrogens with zero attached hydrogens (tertiary/aromatic N) is 2. The molecule has 1 aromatic heterocycles. The summed E-state index contributed by atoms with van der Waals surface area (Å²) in [5.41, 5.74) is 0.311. The van der Waals surface area contributed by atoms with Crippen molar-refractivity contribution >= 4 is 39.7 Å². The summed E-state index contributed by atoms with van der Waals surface area (Å²) < 4.78 is 11.0. The first kappa shape index (κ1) is 25.7. The summed E-state index contributed by atoms with van der Waals surface area (Å²) in [4.78, 5) is 43.8. The Kier molecular flexibility index (Phi) is 7.60. The fraction of sp³-hybridized carbons (Fsp3) is 0.310. The number of hydrogen-bond acceptors (Lipinski definition) is 8. The molecule has 1 aliphatic rings. The lowest BCUT2D eigenvalue weighted by atomic mass is 10.0. The lowest BCUT2D eigenvalue weighted by Crippen LogP contribution is -2.46. The maximum absolute atomic E-state index is 12.6. The highest BCUT2D eigenvalue weighted by molar-refractivity contribution is 6.30. The quantitative estimate of drug-likeness (QED) is 0.195. The van der Waals surface area contributed by atoms with Crippen LogP contribution in [-0.2, 0) is 16.0 Å². The minimum atomic E-state index is -0.834. The second kappa shape index (κ2) is 11.2. The number of ether oxygens (including phenoxy) is 2. The Morgan fingerprint density at radius 2 is 1.74 bits per heavy atom. The predicted molar refractivity (Wildman–Crippen MR) is 148 cm³/mol. The van der Waals surface area contributed by atoms with E-state index in [0.717, 1.165) is 55.1 Å². The van der Waals surface area contributed by atoms with E-state index in [2.05, 4.69) is 10.3 Å². The molecule has 0 bridgehead atoms. The Morgan fingerprint density at radius 1 is 1.03 bits per heavy atom. The molecule has 2 heterocycles. The van der Waals surface area contributed by atoms with Gasteiger partial charge in [-0.3, -0.25) is 9.59 Å². The van der Waals surface area contributed by atoms with Crippen LogP contribution in [0.25, 0.3) is 10.8 Å². The van der Waals surface area contributed by atoms with Crippen molar-refractivity contribution < 1.29 is 14.3 Å². The number of methoxy groups -OCH3 is 1. The first-order valence-electron chi connectivity index (χ1n) is 12.7. The smallest absolute Gasteiger partial charge is 0.328 e. The van der Waals surface area contributed by atoms with Crippen LogP contribution in [0.4, 0.5) is 11.4 Å². The van der Waals surface area contributed by atoms with E-state index in [4.69, 9.17) is 21.1 Å². The van der Waals surface area contributed by atoms with Crippen LogP contribution in [0.3, 0.4) is 0 Å². The van der Waals surface area contributed by atoms with Crippen molar-refractivity contribution in [3.63, 3.8) is 0 Å². The summed E-state index contributed by atoms with van der Waals surface area (Å²) in [7, 11) is 1.30. The fourth-order valence-corrected chi connectivity index (χ4v) is 5.07. The molecule has 9 heteroatoms. The minimum absolute atomic E-state index is 0.200. The van der Waals surface area contributed by atoms with Crippen LogP contribution in [0.2, 0.25) is 5.15 Å². The van der Waals surface area contributed by atoms with Crippen molar-refractivity contribution in [3.8, 4) is 11.6 Å². The summed E-state index contributed by atoms with van der Waals surface area (Å²) in [5.74, 6) is 0.438. The molecule has 0 unspecified atom stereocenters. The van der Waals surface area contributed by atoms with E-state index in [1.165, 1.54) is 7.11 Å². The summed E-state index contributed by atoms with van der Waals surface area (Å²) in [6, 6.07) is 15.8. The SMILES string of the molecule is COC(=O)[C@H](Cc1ccc(Oc2nc(Cl)cc3ccccc23)cc1)Nc1c(N2CCCCCC2)c(=O)c1=O. The number of hydrogen-bond donors (Lipinski definition) is 1. The number of anilines is 2. The van der Waals surface area contributed by atoms with Gasteiger partial charge in [0.25, 0.3) is 10.9 Å². The summed E-state index contributed by atoms with van der Waals surface area (Å²) in [6.07, 6.45) is 4.39. The summed E-state index contributed by atoms with van der Waals surface area (Å²) >= 11 is 6.17. The molecule has 1 N–H and O–H groups in total. The first-order chi connectivity index (χ1) is 18.4. The van der Waals surface area contributed by atoms with Crippen molar-refractivity contribution in [1.82, 2.24) is 4.98 Å². The number of nitrogens with one attached hydrogen (secondary N) is 1. The number of esters is 1. The molecule has 0 amide bonds. The largest absolute Gasteiger partial charge is 0.467 e. The molecular formula is C29H28ClN3O5. The average Bonchev–Trinajstić information content (AvgIpc) is 3.21. The minimum Gasteiger partial charge on any atom is -0.467 e. The second-order valence-electron chi connectivity index (χ2n) is 9.42. The number of carbonyl (C=O) groups is 1. The van der Waals surface area contributed by atoms with Crippen LogP contribution >= 0.6 is 11.6 Å². The van der Waals surface area contributed by atoms with Crippen LogP contribution < -0.4 is 25.8 Å². The van der Waals surface area contributed by atoms with Crippen molar-refractivity contribution in [2.45, 2.75) is 38.1 Å². The van der Waals surface area contributed by atoms with Crippen LogP contribution in [0, 0.1) is 0 Å². The molecule has 196 valence electrons. The van der Waals surface area contributed by atoms with Gasteiger partial charge in [-0.25, -0.2) is 9.78 Å². The monoisotopic (exact) mass is 533 g/mol. The molecule has 3 aromatic carbocycles. The molecular weight excluding hydrogens is 506 g/mol. The van der Waals surface area contributed by atoms with E-state index in [-0.39, 0.29) is 12.1 Å². The lowest BCUT2D eigenvalue weighted by molar-refractivity contribution is -0.141. The van der Waals surface area contributed by atoms with E-state index in [1.54, 1.807) is 18.2 Å². The van der Waals surface area contributed by atoms with Gasteiger partial charge in [0.15, 0.2) is 0 Å². The van der Waals surface area contributed by atoms with Crippen molar-refractivity contribution in [2.75, 3.05) is 30.4 Å². The fourth-order valence-electron chi connectivity index (χ4n) is 4.87. The summed E-state index contributed by atoms with van der Waals surface area (Å²) in [5, 5.41) is 5.11. The van der Waals surface area contributed by atoms with Gasteiger partial charge in [0, 0.05) is 24.9 Å². The topological polar surface area (TPSA) is 97.8 Å². The van der Waals surface area contributed by atoms with Gasteiger partial charge in [-0.1, -0.05) is 54.8 Å². The van der Waals surface area contributed by atoms with Crippen molar-refractivity contribution in [3.05, 3.63) is 85.8 Å². The van der Waals surface area contributed by atoms with E-state index in [1.807, 2.05) is 41.3 Å². The van der Waals surface area contributed by atoms with Crippen LogP contribution in [-0.4, -0.2) is 37.2 Å². The van der Waals surface area contributed by atoms with Gasteiger partial charge < -0.3 is 19.7 Å². The number of aromatic nitrogens is 1. The zero-order valence-electron chi connectivity index (χ0n) is 21.0. The normalized spacial score (nSPS) is 14.7. The molecule has 0 spiro atoms. The Morgan fingerprint density at radius 3 is 2.45 bits per heavy atom. The molecule has 1 fully saturated rings. The highest BCUT2D eigenvalue weighted by atomic mass is 35.5. The van der Waals surface area contributed by atoms with Gasteiger partial charge in [-0.15, -0.1) is 0 Å². The van der Waals surface area contributed by atoms with E-state index in [9.17, 15) is 14.4 Å². The molecule has 38 heavy (non-hydrogen) atoms. The Hall–Kier alpha value is -3.91. The zero-order valence-corrected chi connectivity index (χ0v) is 21.8. The van der Waals surface area contributed by atoms with Gasteiger partial charge in [0.05, 0.1) is 7.11 Å². The first-order valence-corrected chi connectivity index (χ1v) is 13.1. The Balaban J connectivity index is 1.33. The van der Waals surface area contributed by atoms with Gasteiger partial charge in [-0.05, 0) is 48.1 Å². The molecule has 1 atom stereocenters. The maximum atomic E-state index is 12.6. The molecule has 1 aliphatic heterocycles. The van der Waals surface area contributed by atoms with Crippen LogP contribution in [0.15, 0.2) is 64.2 Å². The number of pyridine rings is 1. The average molecular weight is 534 g/mol. The van der Waals surface area contributed by atoms with Gasteiger partial charge >= 0.3 is 5.97 Å². The zero-order chi connectivity index (χ0) is 26.6. The molecule has 8 nitrogen and oxygen atoms in total. The number of halogens is 1. The van der Waals surface area contributed by atoms with E-state index in [0.29, 0.717) is 22.5 Å². The molecule has 0 saturated carbocycles. The highest BCUT2D eigenvalue weighted by Gasteiger charge is 2.30. The van der Waals surface area contributed by atoms with E-state index >= 15 is 0 Å². The third kappa shape index (κ3) is 5.36. The lowest BCUT2D eigenvalue weighted by Gasteiger charge is -2.28. The molecule has 1 saturated heterocycles. The number of fused-ring (bicyclic) bond motifs is 1. The van der Waals surface area contributed by atoms with Gasteiger partial charge in [-0.2, -0.15) is 0 Å². The van der Waals surface area contributed by atoms with Crippen LogP contribution in [0.5, 0.6) is 11.6 Å². The van der Waals surface area contributed by atoms with Crippen molar-refractivity contribution in [1.29, 1.82) is 0 Å². The molecule has 5 rings (SSSR count). The third-order valence-electron chi connectivity index (χ3n) is 6.86. The van der Waals surface area contributed by atoms with Gasteiger partial charge in [0.1, 0.15) is 28.3 Å². The number of carbonyl (C=O) groups excluding carboxylic acids is 1. The molecule has 0 aliphatic carbocycles. The maximum Gasteiger partial charge on any atom is 0.328 e. The Bertz CT molecular complexity index is 1520.